The van der Waals surface area contributed by atoms with Crippen LogP contribution in [0.5, 0.6) is 0 Å². The van der Waals surface area contributed by atoms with Crippen molar-refractivity contribution in [3.05, 3.63) is 30.3 Å². The topological polar surface area (TPSA) is 26.0 Å². The van der Waals surface area contributed by atoms with Gasteiger partial charge in [-0.1, -0.05) is 5.69 Å². The molecule has 0 heterocycles. The van der Waals surface area contributed by atoms with E-state index in [4.69, 9.17) is 5.73 Å². The van der Waals surface area contributed by atoms with Gasteiger partial charge < -0.3 is 5.73 Å². The smallest absolute Gasteiger partial charge is 0 e. The molecule has 0 fully saturated rings. The monoisotopic (exact) mass is 150 g/mol. The molecule has 0 saturated heterocycles. The zero-order chi connectivity index (χ0) is 5.11. The summed E-state index contributed by atoms with van der Waals surface area (Å²) in [6, 6.07) is 10.0. The second-order valence-electron chi connectivity index (χ2n) is 1.33. The Balaban J connectivity index is 0.000000490. The fourth-order valence-electron chi connectivity index (χ4n) is 0.400. The van der Waals surface area contributed by atoms with Crippen molar-refractivity contribution in [2.75, 3.05) is 5.73 Å². The van der Waals surface area contributed by atoms with E-state index in [1.165, 1.54) is 0 Å². The predicted molar refractivity (Wildman–Crippen MR) is 29.7 cm³/mol. The third-order valence-electron chi connectivity index (χ3n) is 0.744. The quantitative estimate of drug-likeness (QED) is 0.334. The van der Waals surface area contributed by atoms with E-state index in [0.29, 0.717) is 0 Å². The summed E-state index contributed by atoms with van der Waals surface area (Å²) in [6.45, 7) is 0. The Morgan fingerprint density at radius 2 is 1.75 bits per heavy atom. The molecule has 1 nitrogen and oxygen atoms in total. The molecule has 46 valence electrons. The number of nitrogen functional groups attached to an aromatic ring is 1. The van der Waals surface area contributed by atoms with Gasteiger partial charge in [-0.25, -0.2) is 0 Å². The van der Waals surface area contributed by atoms with Crippen molar-refractivity contribution in [2.24, 2.45) is 0 Å². The fraction of sp³-hybridized carbons (Fsp3) is 0. The van der Waals surface area contributed by atoms with Crippen LogP contribution in [0.25, 0.3) is 0 Å². The molecule has 0 saturated carbocycles. The first-order valence-electron chi connectivity index (χ1n) is 2.11. The third kappa shape index (κ3) is 1.99. The molecule has 0 spiro atoms. The van der Waals surface area contributed by atoms with E-state index in [-0.39, 0.29) is 16.5 Å². The van der Waals surface area contributed by atoms with E-state index in [1.807, 2.05) is 0 Å². The van der Waals surface area contributed by atoms with Crippen molar-refractivity contribution in [3.63, 3.8) is 0 Å². The van der Waals surface area contributed by atoms with Crippen molar-refractivity contribution in [1.29, 1.82) is 0 Å². The molecule has 0 amide bonds. The molecule has 1 rings (SSSR count). The van der Waals surface area contributed by atoms with Crippen LogP contribution in [0.1, 0.15) is 0 Å². The Morgan fingerprint density at radius 1 is 1.25 bits per heavy atom. The maximum Gasteiger partial charge on any atom is 0 e. The van der Waals surface area contributed by atoms with Crippen molar-refractivity contribution in [1.82, 2.24) is 0 Å². The van der Waals surface area contributed by atoms with Crippen LogP contribution in [0.4, 0.5) is 5.69 Å². The average Bonchev–Trinajstić information content (AvgIpc) is 1.69. The summed E-state index contributed by atoms with van der Waals surface area (Å²) in [6.07, 6.45) is 0. The Bertz CT molecular complexity index is 138. The second kappa shape index (κ2) is 3.51. The maximum absolute atomic E-state index is 5.34. The second-order valence-corrected chi connectivity index (χ2v) is 1.33. The minimum absolute atomic E-state index is 0. The van der Waals surface area contributed by atoms with Crippen molar-refractivity contribution in [2.45, 2.75) is 0 Å². The van der Waals surface area contributed by atoms with Gasteiger partial charge in [0.2, 0.25) is 0 Å². The average molecular weight is 151 g/mol. The van der Waals surface area contributed by atoms with Gasteiger partial charge in [0.1, 0.15) is 0 Å². The fourth-order valence-corrected chi connectivity index (χ4v) is 0.400. The molecule has 0 aliphatic rings. The molecule has 8 heavy (non-hydrogen) atoms. The Morgan fingerprint density at radius 3 is 2.00 bits per heavy atom. The van der Waals surface area contributed by atoms with E-state index in [2.05, 4.69) is 6.07 Å². The molecule has 2 heteroatoms. The summed E-state index contributed by atoms with van der Waals surface area (Å²) < 4.78 is 0. The van der Waals surface area contributed by atoms with Crippen molar-refractivity contribution < 1.29 is 16.5 Å². The van der Waals surface area contributed by atoms with Gasteiger partial charge in [0, 0.05) is 16.5 Å². The number of nitrogens with two attached hydrogens (primary N) is 1. The van der Waals surface area contributed by atoms with Crippen LogP contribution in [0.15, 0.2) is 24.3 Å². The van der Waals surface area contributed by atoms with E-state index in [9.17, 15) is 0 Å². The summed E-state index contributed by atoms with van der Waals surface area (Å²) in [4.78, 5) is 0. The number of hydrogen-bond donors (Lipinski definition) is 1. The molecular weight excluding hydrogens is 145 g/mol. The van der Waals surface area contributed by atoms with Crippen LogP contribution < -0.4 is 5.73 Å². The Kier molecular flexibility index (Phi) is 3.29. The summed E-state index contributed by atoms with van der Waals surface area (Å²) in [5.74, 6) is 0. The molecule has 1 aromatic rings. The molecule has 0 aliphatic carbocycles. The van der Waals surface area contributed by atoms with Crippen LogP contribution in [0.3, 0.4) is 0 Å². The largest absolute Gasteiger partial charge is 0.419 e. The molecule has 2 N–H and O–H groups in total. The van der Waals surface area contributed by atoms with Crippen LogP contribution >= 0.6 is 0 Å². The summed E-state index contributed by atoms with van der Waals surface area (Å²) >= 11 is 0. The summed E-state index contributed by atoms with van der Waals surface area (Å²) in [5.41, 5.74) is 6.13. The minimum Gasteiger partial charge on any atom is -0.419 e. The first kappa shape index (κ1) is 7.51. The zero-order valence-electron chi connectivity index (χ0n) is 4.20. The van der Waals surface area contributed by atoms with Crippen LogP contribution in [-0.2, 0) is 16.5 Å². The van der Waals surface area contributed by atoms with E-state index in [1.54, 1.807) is 24.3 Å². The SMILES string of the molecule is Nc1cc[c-]cc1.[Ni]. The number of rotatable bonds is 0. The standard InChI is InChI=1S/C6H6N.Ni/c7-6-4-2-1-3-5-6;/h2-5H,7H2;/q-1;. The molecule has 1 aromatic carbocycles. The predicted octanol–water partition coefficient (Wildman–Crippen LogP) is 1.07. The Hall–Kier alpha value is -0.486. The van der Waals surface area contributed by atoms with Gasteiger partial charge in [-0.3, -0.25) is 0 Å². The van der Waals surface area contributed by atoms with Crippen molar-refractivity contribution in [3.8, 4) is 0 Å². The molecule has 0 radical (unpaired) electrons. The Labute approximate surface area is 58.8 Å². The molecule has 0 aliphatic heterocycles. The number of benzene rings is 1. The zero-order valence-corrected chi connectivity index (χ0v) is 5.19. The minimum atomic E-state index is 0. The molecular formula is C6H6NNi-. The third-order valence-corrected chi connectivity index (χ3v) is 0.744. The number of anilines is 1. The van der Waals surface area contributed by atoms with Crippen LogP contribution in [-0.4, -0.2) is 0 Å². The summed E-state index contributed by atoms with van der Waals surface area (Å²) in [7, 11) is 0. The van der Waals surface area contributed by atoms with Crippen LogP contribution in [0, 0.1) is 6.07 Å². The van der Waals surface area contributed by atoms with E-state index < -0.39 is 0 Å². The molecule has 0 atom stereocenters. The summed E-state index contributed by atoms with van der Waals surface area (Å²) in [5, 5.41) is 0. The maximum atomic E-state index is 5.34. The first-order valence-corrected chi connectivity index (χ1v) is 2.11. The normalized spacial score (nSPS) is 7.50. The van der Waals surface area contributed by atoms with Gasteiger partial charge in [0.05, 0.1) is 0 Å². The van der Waals surface area contributed by atoms with E-state index in [0.717, 1.165) is 5.69 Å². The van der Waals surface area contributed by atoms with Crippen LogP contribution in [0.2, 0.25) is 0 Å². The number of hydrogen-bond acceptors (Lipinski definition) is 1. The van der Waals surface area contributed by atoms with Gasteiger partial charge in [-0.2, -0.15) is 18.2 Å². The first-order chi connectivity index (χ1) is 3.39. The van der Waals surface area contributed by atoms with Gasteiger partial charge in [-0.05, 0) is 0 Å². The van der Waals surface area contributed by atoms with Gasteiger partial charge in [0.15, 0.2) is 0 Å². The van der Waals surface area contributed by atoms with Crippen molar-refractivity contribution >= 4 is 5.69 Å². The van der Waals surface area contributed by atoms with Gasteiger partial charge >= 0.3 is 0 Å². The van der Waals surface area contributed by atoms with E-state index >= 15 is 0 Å². The van der Waals surface area contributed by atoms with Gasteiger partial charge in [-0.15, -0.1) is 12.1 Å². The molecule has 0 unspecified atom stereocenters. The molecule has 0 aromatic heterocycles. The van der Waals surface area contributed by atoms with Gasteiger partial charge in [0.25, 0.3) is 0 Å². The molecule has 0 bridgehead atoms.